The molecule has 0 aromatic carbocycles. The molecule has 8 N–H and O–H groups in total. The number of hydrogen-bond donors (Lipinski definition) is 5. The Kier molecular flexibility index (Phi) is 10.3. The summed E-state index contributed by atoms with van der Waals surface area (Å²) in [7, 11) is 0. The van der Waals surface area contributed by atoms with Crippen LogP contribution in [0.1, 0.15) is 5.69 Å². The monoisotopic (exact) mass is 641 g/mol. The first-order valence-corrected chi connectivity index (χ1v) is 15.4. The Morgan fingerprint density at radius 3 is 2.83 bits per heavy atom. The Morgan fingerprint density at radius 1 is 1.34 bits per heavy atom. The van der Waals surface area contributed by atoms with E-state index >= 15 is 0 Å². The van der Waals surface area contributed by atoms with Gasteiger partial charge in [-0.3, -0.25) is 24.5 Å². The molecular weight excluding hydrogens is 618 g/mol. The van der Waals surface area contributed by atoms with E-state index in [-0.39, 0.29) is 40.6 Å². The Hall–Kier alpha value is -3.55. The first-order valence-electron chi connectivity index (χ1n) is 11.7. The minimum Gasteiger partial charge on any atom is -0.477 e. The maximum Gasteiger partial charge on any atom is 0.353 e. The molecule has 218 valence electrons. The molecule has 19 heteroatoms. The molecule has 4 heterocycles. The highest BCUT2D eigenvalue weighted by atomic mass is 32.2. The molecule has 4 rings (SSSR count). The largest absolute Gasteiger partial charge is 0.477 e. The molecule has 41 heavy (non-hydrogen) atoms. The number of nitrogens with zero attached hydrogens (tertiary/aromatic N) is 5. The number of thioether (sulfide) groups is 3. The SMILES string of the molecule is NC(N)=NCCSc1cnccc1SC1=C(C(=O)O)N2C(=O)[C@@H](NC(=O)/C(=N\OCCF)c3csc(N)n3)[C@H]2SC1. The molecule has 2 atom stereocenters. The Balaban J connectivity index is 1.50. The first-order chi connectivity index (χ1) is 19.7. The Morgan fingerprint density at radius 2 is 2.15 bits per heavy atom. The summed E-state index contributed by atoms with van der Waals surface area (Å²) in [5.74, 6) is -1.83. The maximum absolute atomic E-state index is 13.2. The molecule has 2 aromatic rings. The van der Waals surface area contributed by atoms with E-state index in [1.807, 2.05) is 0 Å². The van der Waals surface area contributed by atoms with Crippen LogP contribution in [0.3, 0.4) is 0 Å². The third-order valence-corrected chi connectivity index (χ3v) is 9.80. The molecule has 0 spiro atoms. The van der Waals surface area contributed by atoms with Gasteiger partial charge in [-0.25, -0.2) is 14.2 Å². The lowest BCUT2D eigenvalue weighted by atomic mass is 10.0. The van der Waals surface area contributed by atoms with E-state index in [0.717, 1.165) is 26.0 Å². The van der Waals surface area contributed by atoms with Crippen molar-refractivity contribution in [2.45, 2.75) is 21.2 Å². The van der Waals surface area contributed by atoms with Gasteiger partial charge in [0.1, 0.15) is 36.1 Å². The second kappa shape index (κ2) is 13.9. The third-order valence-electron chi connectivity index (χ3n) is 5.35. The van der Waals surface area contributed by atoms with Gasteiger partial charge < -0.3 is 32.5 Å². The van der Waals surface area contributed by atoms with E-state index in [1.54, 1.807) is 18.5 Å². The fourth-order valence-electron chi connectivity index (χ4n) is 3.65. The number of pyridine rings is 1. The lowest BCUT2D eigenvalue weighted by Crippen LogP contribution is -2.71. The molecule has 0 bridgehead atoms. The second-order valence-corrected chi connectivity index (χ2v) is 12.3. The van der Waals surface area contributed by atoms with Gasteiger partial charge in [0.15, 0.2) is 16.8 Å². The average Bonchev–Trinajstić information content (AvgIpc) is 3.37. The van der Waals surface area contributed by atoms with Crippen molar-refractivity contribution in [2.75, 3.05) is 37.1 Å². The Bertz CT molecular complexity index is 1420. The highest BCUT2D eigenvalue weighted by molar-refractivity contribution is 8.07. The van der Waals surface area contributed by atoms with Crippen molar-refractivity contribution >= 4 is 81.2 Å². The number of carboxylic acids is 1. The van der Waals surface area contributed by atoms with Crippen molar-refractivity contribution < 1.29 is 28.7 Å². The predicted octanol–water partition coefficient (Wildman–Crippen LogP) is 0.664. The maximum atomic E-state index is 13.2. The fraction of sp³-hybridized carbons (Fsp3) is 0.318. The molecular formula is C22H24FN9O5S4. The van der Waals surface area contributed by atoms with Crippen molar-refractivity contribution in [3.8, 4) is 0 Å². The van der Waals surface area contributed by atoms with Gasteiger partial charge in [0.2, 0.25) is 0 Å². The average molecular weight is 642 g/mol. The van der Waals surface area contributed by atoms with Crippen LogP contribution in [0.5, 0.6) is 0 Å². The van der Waals surface area contributed by atoms with Gasteiger partial charge in [0, 0.05) is 44.0 Å². The molecule has 2 aliphatic heterocycles. The number of rotatable bonds is 13. The fourth-order valence-corrected chi connectivity index (χ4v) is 7.71. The summed E-state index contributed by atoms with van der Waals surface area (Å²) in [5, 5.41) is 17.3. The number of amides is 2. The zero-order valence-electron chi connectivity index (χ0n) is 21.1. The highest BCUT2D eigenvalue weighted by Gasteiger charge is 2.54. The number of halogens is 1. The summed E-state index contributed by atoms with van der Waals surface area (Å²) in [6.45, 7) is -0.812. The summed E-state index contributed by atoms with van der Waals surface area (Å²) >= 11 is 5.05. The number of β-lactam (4-membered cyclic amide) rings is 1. The summed E-state index contributed by atoms with van der Waals surface area (Å²) in [4.78, 5) is 58.6. The number of carbonyl (C=O) groups excluding carboxylic acids is 2. The van der Waals surface area contributed by atoms with E-state index in [9.17, 15) is 23.9 Å². The third kappa shape index (κ3) is 7.21. The van der Waals surface area contributed by atoms with Crippen LogP contribution >= 0.6 is 46.6 Å². The van der Waals surface area contributed by atoms with Gasteiger partial charge in [0.25, 0.3) is 11.8 Å². The zero-order valence-corrected chi connectivity index (χ0v) is 24.3. The number of aliphatic imine (C=N–C) groups is 1. The van der Waals surface area contributed by atoms with Crippen LogP contribution in [-0.2, 0) is 19.2 Å². The van der Waals surface area contributed by atoms with E-state index < -0.39 is 35.9 Å². The minimum atomic E-state index is -1.27. The van der Waals surface area contributed by atoms with Crippen LogP contribution in [-0.4, -0.2) is 92.2 Å². The van der Waals surface area contributed by atoms with Crippen molar-refractivity contribution in [1.29, 1.82) is 0 Å². The first kappa shape index (κ1) is 30.4. The number of nitrogens with two attached hydrogens (primary N) is 3. The minimum absolute atomic E-state index is 0.00777. The van der Waals surface area contributed by atoms with E-state index in [1.165, 1.54) is 40.7 Å². The number of anilines is 1. The second-order valence-electron chi connectivity index (χ2n) is 8.05. The molecule has 2 amide bonds. The predicted molar refractivity (Wildman–Crippen MR) is 156 cm³/mol. The number of nitrogen functional groups attached to an aromatic ring is 1. The summed E-state index contributed by atoms with van der Waals surface area (Å²) in [6.07, 6.45) is 3.25. The highest BCUT2D eigenvalue weighted by Crippen LogP contribution is 2.46. The van der Waals surface area contributed by atoms with Gasteiger partial charge >= 0.3 is 5.97 Å². The van der Waals surface area contributed by atoms with Gasteiger partial charge in [-0.15, -0.1) is 34.9 Å². The van der Waals surface area contributed by atoms with E-state index in [2.05, 4.69) is 25.4 Å². The van der Waals surface area contributed by atoms with Crippen molar-refractivity contribution in [1.82, 2.24) is 20.2 Å². The van der Waals surface area contributed by atoms with Gasteiger partial charge in [-0.1, -0.05) is 16.9 Å². The molecule has 0 radical (unpaired) electrons. The van der Waals surface area contributed by atoms with Gasteiger partial charge in [-0.05, 0) is 6.07 Å². The van der Waals surface area contributed by atoms with Crippen LogP contribution in [0.25, 0.3) is 0 Å². The summed E-state index contributed by atoms with van der Waals surface area (Å²) < 4.78 is 12.5. The number of carbonyl (C=O) groups is 3. The number of aromatic nitrogens is 2. The van der Waals surface area contributed by atoms with Crippen LogP contribution in [0.2, 0.25) is 0 Å². The standard InChI is InChI=1S/C22H24FN9O5S4/c23-2-5-37-31-14(10-8-40-22(26)29-10)17(33)30-15-18(34)32-16(20(35)36)13(9-39-19(15)32)41-11-1-3-27-7-12(11)38-6-4-28-21(24)25/h1,3,7-8,15,19H,2,4-6,9H2,(H2,26,29)(H,30,33)(H,35,36)(H4,24,25,28)/b31-14-/t15-,19-/m1/s1. The molecule has 1 saturated heterocycles. The number of alkyl halides is 1. The lowest BCUT2D eigenvalue weighted by molar-refractivity contribution is -0.150. The van der Waals surface area contributed by atoms with Crippen molar-refractivity contribution in [2.24, 2.45) is 21.6 Å². The molecule has 1 fully saturated rings. The van der Waals surface area contributed by atoms with E-state index in [4.69, 9.17) is 22.0 Å². The number of aliphatic carboxylic acids is 1. The van der Waals surface area contributed by atoms with Crippen LogP contribution in [0.15, 0.2) is 54.4 Å². The number of carboxylic acid groups (broad SMARTS) is 1. The molecule has 14 nitrogen and oxygen atoms in total. The number of fused-ring (bicyclic) bond motifs is 1. The molecule has 0 saturated carbocycles. The van der Waals surface area contributed by atoms with Crippen LogP contribution in [0.4, 0.5) is 9.52 Å². The van der Waals surface area contributed by atoms with Gasteiger partial charge in [0.05, 0.1) is 6.54 Å². The van der Waals surface area contributed by atoms with Crippen LogP contribution < -0.4 is 22.5 Å². The van der Waals surface area contributed by atoms with Crippen molar-refractivity contribution in [3.05, 3.63) is 40.1 Å². The van der Waals surface area contributed by atoms with E-state index in [0.29, 0.717) is 17.2 Å². The summed E-state index contributed by atoms with van der Waals surface area (Å²) in [6, 6.07) is 0.729. The van der Waals surface area contributed by atoms with Crippen LogP contribution in [0, 0.1) is 0 Å². The topological polar surface area (TPSA) is 224 Å². The number of thiazole rings is 1. The smallest absolute Gasteiger partial charge is 0.353 e. The number of oxime groups is 1. The number of hydrogen-bond acceptors (Lipinski definition) is 13. The number of guanidine groups is 1. The lowest BCUT2D eigenvalue weighted by Gasteiger charge is -2.49. The molecule has 2 aromatic heterocycles. The molecule has 0 unspecified atom stereocenters. The van der Waals surface area contributed by atoms with Gasteiger partial charge in [-0.2, -0.15) is 0 Å². The Labute approximate surface area is 249 Å². The molecule has 0 aliphatic carbocycles. The number of nitrogens with one attached hydrogen (secondary N) is 1. The normalized spacial score (nSPS) is 18.4. The van der Waals surface area contributed by atoms with Crippen molar-refractivity contribution in [3.63, 3.8) is 0 Å². The summed E-state index contributed by atoms with van der Waals surface area (Å²) in [5.41, 5.74) is 16.0. The zero-order chi connectivity index (χ0) is 29.5. The quantitative estimate of drug-likeness (QED) is 0.0507. The molecule has 2 aliphatic rings.